The van der Waals surface area contributed by atoms with Crippen molar-refractivity contribution in [2.45, 2.75) is 71.4 Å². The first-order chi connectivity index (χ1) is 11.3. The van der Waals surface area contributed by atoms with Crippen LogP contribution in [-0.4, -0.2) is 42.9 Å². The van der Waals surface area contributed by atoms with Gasteiger partial charge in [-0.05, 0) is 47.0 Å². The summed E-state index contributed by atoms with van der Waals surface area (Å²) in [4.78, 5) is 12.1. The van der Waals surface area contributed by atoms with E-state index in [2.05, 4.69) is 20.2 Å². The lowest BCUT2D eigenvalue weighted by atomic mass is 10.0. The number of ether oxygens (including phenoxy) is 1. The SMILES string of the molecule is Cc1n[nH]c(C)c1S(=O)(=O)NC[C@H](CC(C)C)NC(=O)OC(C)(C)C. The molecule has 3 N–H and O–H groups in total. The molecule has 0 bridgehead atoms. The summed E-state index contributed by atoms with van der Waals surface area (Å²) in [5, 5.41) is 9.32. The Labute approximate surface area is 150 Å². The highest BCUT2D eigenvalue weighted by Crippen LogP contribution is 2.16. The van der Waals surface area contributed by atoms with E-state index in [1.54, 1.807) is 34.6 Å². The number of sulfonamides is 1. The number of nitrogens with one attached hydrogen (secondary N) is 3. The topological polar surface area (TPSA) is 113 Å². The van der Waals surface area contributed by atoms with Crippen molar-refractivity contribution in [3.63, 3.8) is 0 Å². The molecule has 0 aliphatic heterocycles. The van der Waals surface area contributed by atoms with Gasteiger partial charge in [0.1, 0.15) is 10.5 Å². The number of amides is 1. The molecule has 9 heteroatoms. The first-order valence-electron chi connectivity index (χ1n) is 8.32. The lowest BCUT2D eigenvalue weighted by molar-refractivity contribution is 0.0499. The first kappa shape index (κ1) is 21.4. The van der Waals surface area contributed by atoms with E-state index in [4.69, 9.17) is 4.74 Å². The maximum atomic E-state index is 12.5. The Morgan fingerprint density at radius 3 is 2.32 bits per heavy atom. The predicted octanol–water partition coefficient (Wildman–Crippen LogP) is 2.24. The van der Waals surface area contributed by atoms with Gasteiger partial charge in [0.15, 0.2) is 0 Å². The normalized spacial score (nSPS) is 13.8. The highest BCUT2D eigenvalue weighted by molar-refractivity contribution is 7.89. The van der Waals surface area contributed by atoms with Crippen LogP contribution in [-0.2, 0) is 14.8 Å². The lowest BCUT2D eigenvalue weighted by Gasteiger charge is -2.24. The van der Waals surface area contributed by atoms with Crippen LogP contribution in [0.2, 0.25) is 0 Å². The van der Waals surface area contributed by atoms with Gasteiger partial charge in [-0.3, -0.25) is 5.10 Å². The fourth-order valence-corrected chi connectivity index (χ4v) is 3.90. The summed E-state index contributed by atoms with van der Waals surface area (Å²) >= 11 is 0. The highest BCUT2D eigenvalue weighted by atomic mass is 32.2. The summed E-state index contributed by atoms with van der Waals surface area (Å²) in [5.41, 5.74) is 0.271. The Bertz CT molecular complexity index is 670. The summed E-state index contributed by atoms with van der Waals surface area (Å²) < 4.78 is 32.9. The van der Waals surface area contributed by atoms with E-state index in [1.165, 1.54) is 0 Å². The Hall–Kier alpha value is -1.61. The minimum Gasteiger partial charge on any atom is -0.444 e. The van der Waals surface area contributed by atoms with Gasteiger partial charge in [-0.1, -0.05) is 13.8 Å². The summed E-state index contributed by atoms with van der Waals surface area (Å²) in [6.07, 6.45) is 0.0542. The number of hydrogen-bond donors (Lipinski definition) is 3. The van der Waals surface area contributed by atoms with Crippen LogP contribution in [0.25, 0.3) is 0 Å². The van der Waals surface area contributed by atoms with Crippen molar-refractivity contribution in [3.8, 4) is 0 Å². The van der Waals surface area contributed by atoms with Gasteiger partial charge in [-0.15, -0.1) is 0 Å². The molecular formula is C16H30N4O4S. The van der Waals surface area contributed by atoms with Gasteiger partial charge in [0.2, 0.25) is 10.0 Å². The third kappa shape index (κ3) is 7.03. The zero-order valence-electron chi connectivity index (χ0n) is 16.1. The number of aryl methyl sites for hydroxylation is 2. The third-order valence-corrected chi connectivity index (χ3v) is 5.01. The minimum atomic E-state index is -3.72. The molecule has 0 saturated carbocycles. The minimum absolute atomic E-state index is 0.0732. The fraction of sp³-hybridized carbons (Fsp3) is 0.750. The van der Waals surface area contributed by atoms with Crippen molar-refractivity contribution in [3.05, 3.63) is 11.4 Å². The average Bonchev–Trinajstić information content (AvgIpc) is 2.73. The Morgan fingerprint density at radius 2 is 1.88 bits per heavy atom. The second-order valence-electron chi connectivity index (χ2n) is 7.59. The van der Waals surface area contributed by atoms with Crippen LogP contribution in [0.15, 0.2) is 4.90 Å². The van der Waals surface area contributed by atoms with Gasteiger partial charge >= 0.3 is 6.09 Å². The molecule has 1 amide bonds. The van der Waals surface area contributed by atoms with Crippen LogP contribution < -0.4 is 10.0 Å². The van der Waals surface area contributed by atoms with Gasteiger partial charge in [0.05, 0.1) is 11.4 Å². The molecule has 0 saturated heterocycles. The smallest absolute Gasteiger partial charge is 0.407 e. The summed E-state index contributed by atoms with van der Waals surface area (Å²) in [5.74, 6) is 0.279. The van der Waals surface area contributed by atoms with Crippen LogP contribution >= 0.6 is 0 Å². The Balaban J connectivity index is 2.80. The van der Waals surface area contributed by atoms with E-state index in [9.17, 15) is 13.2 Å². The molecule has 1 rings (SSSR count). The molecule has 0 radical (unpaired) electrons. The molecule has 0 spiro atoms. The molecular weight excluding hydrogens is 344 g/mol. The number of H-pyrrole nitrogens is 1. The number of rotatable bonds is 7. The van der Waals surface area contributed by atoms with E-state index >= 15 is 0 Å². The number of aromatic nitrogens is 2. The zero-order chi connectivity index (χ0) is 19.4. The second-order valence-corrected chi connectivity index (χ2v) is 9.29. The maximum Gasteiger partial charge on any atom is 0.407 e. The van der Waals surface area contributed by atoms with Gasteiger partial charge in [-0.2, -0.15) is 5.10 Å². The van der Waals surface area contributed by atoms with E-state index in [0.717, 1.165) is 0 Å². The average molecular weight is 375 g/mol. The summed E-state index contributed by atoms with van der Waals surface area (Å²) in [6, 6.07) is -0.378. The van der Waals surface area contributed by atoms with Crippen molar-refractivity contribution < 1.29 is 17.9 Å². The molecule has 0 aliphatic carbocycles. The molecule has 0 unspecified atom stereocenters. The van der Waals surface area contributed by atoms with Gasteiger partial charge in [-0.25, -0.2) is 17.9 Å². The van der Waals surface area contributed by atoms with Crippen LogP contribution in [0, 0.1) is 19.8 Å². The van der Waals surface area contributed by atoms with Crippen LogP contribution in [0.5, 0.6) is 0 Å². The van der Waals surface area contributed by atoms with Gasteiger partial charge in [0, 0.05) is 12.6 Å². The predicted molar refractivity (Wildman–Crippen MR) is 95.9 cm³/mol. The van der Waals surface area contributed by atoms with Gasteiger partial charge in [0.25, 0.3) is 0 Å². The molecule has 1 aromatic heterocycles. The number of carbonyl (C=O) groups is 1. The standard InChI is InChI=1S/C16H30N4O4S/c1-10(2)8-13(18-15(21)24-16(5,6)7)9-17-25(22,23)14-11(3)19-20-12(14)4/h10,13,17H,8-9H2,1-7H3,(H,18,21)(H,19,20)/t13-/m0/s1. The fourth-order valence-electron chi connectivity index (χ4n) is 2.46. The summed E-state index contributed by atoms with van der Waals surface area (Å²) in [7, 11) is -3.72. The molecule has 0 aliphatic rings. The first-order valence-corrected chi connectivity index (χ1v) is 9.81. The maximum absolute atomic E-state index is 12.5. The van der Waals surface area contributed by atoms with E-state index < -0.39 is 21.7 Å². The molecule has 25 heavy (non-hydrogen) atoms. The van der Waals surface area contributed by atoms with E-state index in [1.807, 2.05) is 13.8 Å². The number of nitrogens with zero attached hydrogens (tertiary/aromatic N) is 1. The molecule has 0 fully saturated rings. The summed E-state index contributed by atoms with van der Waals surface area (Å²) in [6.45, 7) is 12.7. The van der Waals surface area contributed by atoms with E-state index in [-0.39, 0.29) is 23.4 Å². The molecule has 1 atom stereocenters. The van der Waals surface area contributed by atoms with Crippen LogP contribution in [0.4, 0.5) is 4.79 Å². The number of carbonyl (C=O) groups excluding carboxylic acids is 1. The van der Waals surface area contributed by atoms with Crippen molar-refractivity contribution in [2.24, 2.45) is 5.92 Å². The van der Waals surface area contributed by atoms with Crippen molar-refractivity contribution in [1.82, 2.24) is 20.2 Å². The third-order valence-electron chi connectivity index (χ3n) is 3.33. The quantitative estimate of drug-likeness (QED) is 0.677. The monoisotopic (exact) mass is 374 g/mol. The number of hydrogen-bond acceptors (Lipinski definition) is 5. The lowest BCUT2D eigenvalue weighted by Crippen LogP contribution is -2.46. The molecule has 0 aromatic carbocycles. The van der Waals surface area contributed by atoms with Crippen LogP contribution in [0.1, 0.15) is 52.4 Å². The Kier molecular flexibility index (Phi) is 7.01. The highest BCUT2D eigenvalue weighted by Gasteiger charge is 2.25. The van der Waals surface area contributed by atoms with Crippen molar-refractivity contribution in [1.29, 1.82) is 0 Å². The van der Waals surface area contributed by atoms with Gasteiger partial charge < -0.3 is 10.1 Å². The van der Waals surface area contributed by atoms with Crippen LogP contribution in [0.3, 0.4) is 0 Å². The molecule has 1 heterocycles. The zero-order valence-corrected chi connectivity index (χ0v) is 16.9. The number of alkyl carbamates (subject to hydrolysis) is 1. The van der Waals surface area contributed by atoms with Crippen molar-refractivity contribution in [2.75, 3.05) is 6.54 Å². The molecule has 1 aromatic rings. The molecule has 144 valence electrons. The second kappa shape index (κ2) is 8.18. The molecule has 8 nitrogen and oxygen atoms in total. The van der Waals surface area contributed by atoms with E-state index in [0.29, 0.717) is 17.8 Å². The Morgan fingerprint density at radius 1 is 1.28 bits per heavy atom. The largest absolute Gasteiger partial charge is 0.444 e. The number of aromatic amines is 1. The van der Waals surface area contributed by atoms with Crippen molar-refractivity contribution >= 4 is 16.1 Å².